The molecule has 3 nitrogen and oxygen atoms in total. The molecule has 0 aliphatic rings. The lowest BCUT2D eigenvalue weighted by Gasteiger charge is -1.98. The third-order valence-electron chi connectivity index (χ3n) is 1.74. The molecule has 2 rings (SSSR count). The lowest BCUT2D eigenvalue weighted by atomic mass is 10.3. The Labute approximate surface area is 94.2 Å². The van der Waals surface area contributed by atoms with E-state index >= 15 is 0 Å². The molecule has 0 saturated carbocycles. The molecular formula is C9H9BrN2OS. The van der Waals surface area contributed by atoms with Gasteiger partial charge >= 0.3 is 0 Å². The molecule has 0 radical (unpaired) electrons. The Bertz CT molecular complexity index is 385. The van der Waals surface area contributed by atoms with Crippen LogP contribution in [-0.2, 0) is 13.1 Å². The van der Waals surface area contributed by atoms with E-state index < -0.39 is 0 Å². The van der Waals surface area contributed by atoms with Gasteiger partial charge in [0, 0.05) is 23.5 Å². The highest BCUT2D eigenvalue weighted by molar-refractivity contribution is 9.11. The minimum Gasteiger partial charge on any atom is -0.364 e. The van der Waals surface area contributed by atoms with E-state index in [9.17, 15) is 0 Å². The van der Waals surface area contributed by atoms with E-state index in [1.54, 1.807) is 23.8 Å². The number of hydrogen-bond donors (Lipinski definition) is 1. The second kappa shape index (κ2) is 4.72. The van der Waals surface area contributed by atoms with Crippen LogP contribution in [0.1, 0.15) is 10.4 Å². The average Bonchev–Trinajstić information content (AvgIpc) is 2.77. The van der Waals surface area contributed by atoms with E-state index in [0.29, 0.717) is 0 Å². The van der Waals surface area contributed by atoms with Crippen molar-refractivity contribution in [2.45, 2.75) is 13.1 Å². The molecule has 0 aromatic carbocycles. The summed E-state index contributed by atoms with van der Waals surface area (Å²) in [6, 6.07) is 4.16. The maximum absolute atomic E-state index is 4.73. The van der Waals surface area contributed by atoms with Crippen LogP contribution in [-0.4, -0.2) is 5.16 Å². The zero-order chi connectivity index (χ0) is 9.80. The Morgan fingerprint density at radius 2 is 2.36 bits per heavy atom. The van der Waals surface area contributed by atoms with Crippen molar-refractivity contribution in [1.29, 1.82) is 0 Å². The molecule has 0 spiro atoms. The van der Waals surface area contributed by atoms with Crippen molar-refractivity contribution in [2.24, 2.45) is 0 Å². The summed E-state index contributed by atoms with van der Waals surface area (Å²) in [6.07, 6.45) is 3.37. The summed E-state index contributed by atoms with van der Waals surface area (Å²) in [6.45, 7) is 1.67. The molecule has 0 aliphatic heterocycles. The second-order valence-corrected chi connectivity index (χ2v) is 5.39. The summed E-state index contributed by atoms with van der Waals surface area (Å²) in [5.74, 6) is 0. The van der Waals surface area contributed by atoms with E-state index in [1.807, 2.05) is 0 Å². The topological polar surface area (TPSA) is 38.1 Å². The standard InChI is InChI=1S/C9H9BrN2OS/c10-9-2-1-8(14-9)5-11-3-7-4-12-13-6-7/h1-2,4,6,11H,3,5H2. The highest BCUT2D eigenvalue weighted by Crippen LogP contribution is 2.21. The largest absolute Gasteiger partial charge is 0.364 e. The van der Waals surface area contributed by atoms with Crippen LogP contribution in [0.25, 0.3) is 0 Å². The molecular weight excluding hydrogens is 264 g/mol. The fourth-order valence-corrected chi connectivity index (χ4v) is 2.54. The maximum Gasteiger partial charge on any atom is 0.128 e. The number of aromatic nitrogens is 1. The Balaban J connectivity index is 1.78. The second-order valence-electron chi connectivity index (χ2n) is 2.84. The first kappa shape index (κ1) is 9.89. The smallest absolute Gasteiger partial charge is 0.128 e. The summed E-state index contributed by atoms with van der Waals surface area (Å²) >= 11 is 5.17. The minimum atomic E-state index is 0.791. The first-order valence-corrected chi connectivity index (χ1v) is 5.79. The van der Waals surface area contributed by atoms with Crippen molar-refractivity contribution >= 4 is 27.3 Å². The van der Waals surface area contributed by atoms with Gasteiger partial charge in [-0.15, -0.1) is 11.3 Å². The van der Waals surface area contributed by atoms with Gasteiger partial charge in [-0.25, -0.2) is 0 Å². The van der Waals surface area contributed by atoms with E-state index in [0.717, 1.165) is 18.7 Å². The Hall–Kier alpha value is -0.650. The number of nitrogens with zero attached hydrogens (tertiary/aromatic N) is 1. The molecule has 0 saturated heterocycles. The number of thiophene rings is 1. The van der Waals surface area contributed by atoms with Gasteiger partial charge in [-0.05, 0) is 28.1 Å². The van der Waals surface area contributed by atoms with Gasteiger partial charge < -0.3 is 9.84 Å². The van der Waals surface area contributed by atoms with Gasteiger partial charge in [0.25, 0.3) is 0 Å². The van der Waals surface area contributed by atoms with Crippen LogP contribution in [0.5, 0.6) is 0 Å². The van der Waals surface area contributed by atoms with Gasteiger partial charge in [0.15, 0.2) is 0 Å². The fourth-order valence-electron chi connectivity index (χ4n) is 1.09. The molecule has 0 atom stereocenters. The molecule has 0 unspecified atom stereocenters. The van der Waals surface area contributed by atoms with Crippen LogP contribution in [0.3, 0.4) is 0 Å². The van der Waals surface area contributed by atoms with E-state index in [2.05, 4.69) is 38.5 Å². The molecule has 2 aromatic heterocycles. The SMILES string of the molecule is Brc1ccc(CNCc2cnoc2)s1. The summed E-state index contributed by atoms with van der Waals surface area (Å²) in [4.78, 5) is 1.31. The van der Waals surface area contributed by atoms with Crippen LogP contribution >= 0.6 is 27.3 Å². The van der Waals surface area contributed by atoms with E-state index in [1.165, 1.54) is 8.66 Å². The van der Waals surface area contributed by atoms with Gasteiger partial charge in [0.1, 0.15) is 6.26 Å². The van der Waals surface area contributed by atoms with Crippen molar-refractivity contribution in [1.82, 2.24) is 10.5 Å². The van der Waals surface area contributed by atoms with Crippen molar-refractivity contribution < 1.29 is 4.52 Å². The van der Waals surface area contributed by atoms with Crippen molar-refractivity contribution in [3.05, 3.63) is 38.8 Å². The molecule has 1 N–H and O–H groups in total. The van der Waals surface area contributed by atoms with Gasteiger partial charge in [-0.2, -0.15) is 0 Å². The van der Waals surface area contributed by atoms with E-state index in [4.69, 9.17) is 4.52 Å². The lowest BCUT2D eigenvalue weighted by molar-refractivity contribution is 0.418. The highest BCUT2D eigenvalue weighted by atomic mass is 79.9. The van der Waals surface area contributed by atoms with Gasteiger partial charge in [0.2, 0.25) is 0 Å². The Morgan fingerprint density at radius 3 is 3.00 bits per heavy atom. The minimum absolute atomic E-state index is 0.791. The zero-order valence-electron chi connectivity index (χ0n) is 7.37. The fraction of sp³-hybridized carbons (Fsp3) is 0.222. The van der Waals surface area contributed by atoms with Crippen molar-refractivity contribution in [3.8, 4) is 0 Å². The highest BCUT2D eigenvalue weighted by Gasteiger charge is 1.98. The van der Waals surface area contributed by atoms with Crippen LogP contribution in [0.4, 0.5) is 0 Å². The van der Waals surface area contributed by atoms with Crippen LogP contribution in [0, 0.1) is 0 Å². The first-order chi connectivity index (χ1) is 6.84. The molecule has 0 fully saturated rings. The number of hydrogen-bond acceptors (Lipinski definition) is 4. The maximum atomic E-state index is 4.73. The van der Waals surface area contributed by atoms with Gasteiger partial charge in [0.05, 0.1) is 9.98 Å². The third kappa shape index (κ3) is 2.67. The third-order valence-corrected chi connectivity index (χ3v) is 3.36. The predicted octanol–water partition coefficient (Wildman–Crippen LogP) is 2.79. The van der Waals surface area contributed by atoms with Crippen LogP contribution in [0.15, 0.2) is 32.9 Å². The number of rotatable bonds is 4. The summed E-state index contributed by atoms with van der Waals surface area (Å²) < 4.78 is 5.89. The average molecular weight is 273 g/mol. The predicted molar refractivity (Wildman–Crippen MR) is 59.1 cm³/mol. The molecule has 0 aliphatic carbocycles. The normalized spacial score (nSPS) is 10.6. The van der Waals surface area contributed by atoms with Crippen molar-refractivity contribution in [3.63, 3.8) is 0 Å². The molecule has 0 amide bonds. The van der Waals surface area contributed by atoms with Gasteiger partial charge in [-0.3, -0.25) is 0 Å². The molecule has 14 heavy (non-hydrogen) atoms. The van der Waals surface area contributed by atoms with Crippen LogP contribution in [0.2, 0.25) is 0 Å². The quantitative estimate of drug-likeness (QED) is 0.930. The Kier molecular flexibility index (Phi) is 3.34. The lowest BCUT2D eigenvalue weighted by Crippen LogP contribution is -2.10. The molecule has 74 valence electrons. The Morgan fingerprint density at radius 1 is 1.43 bits per heavy atom. The molecule has 2 heterocycles. The van der Waals surface area contributed by atoms with Crippen LogP contribution < -0.4 is 5.32 Å². The summed E-state index contributed by atoms with van der Waals surface area (Å²) in [5.41, 5.74) is 1.07. The zero-order valence-corrected chi connectivity index (χ0v) is 9.77. The van der Waals surface area contributed by atoms with E-state index in [-0.39, 0.29) is 0 Å². The van der Waals surface area contributed by atoms with Crippen molar-refractivity contribution in [2.75, 3.05) is 0 Å². The monoisotopic (exact) mass is 272 g/mol. The first-order valence-electron chi connectivity index (χ1n) is 4.18. The number of halogens is 1. The molecule has 2 aromatic rings. The molecule has 5 heteroatoms. The number of nitrogens with one attached hydrogen (secondary N) is 1. The summed E-state index contributed by atoms with van der Waals surface area (Å²) in [7, 11) is 0. The summed E-state index contributed by atoms with van der Waals surface area (Å²) in [5, 5.41) is 6.94. The molecule has 0 bridgehead atoms. The van der Waals surface area contributed by atoms with Gasteiger partial charge in [-0.1, -0.05) is 5.16 Å².